The van der Waals surface area contributed by atoms with Crippen molar-refractivity contribution in [1.82, 2.24) is 0 Å². The number of carbonyl (C=O) groups is 3. The molecule has 0 aromatic heterocycles. The summed E-state index contributed by atoms with van der Waals surface area (Å²) < 4.78 is 6.00. The number of nitrogens with zero attached hydrogens (tertiary/aromatic N) is 1. The van der Waals surface area contributed by atoms with Gasteiger partial charge in [0.2, 0.25) is 0 Å². The second-order valence-electron chi connectivity index (χ2n) is 9.85. The fourth-order valence-corrected chi connectivity index (χ4v) is 6.59. The molecule has 5 nitrogen and oxygen atoms in total. The predicted octanol–water partition coefficient (Wildman–Crippen LogP) is 5.42. The molecule has 1 aliphatic carbocycles. The summed E-state index contributed by atoms with van der Waals surface area (Å²) in [5, 5.41) is 0. The lowest BCUT2D eigenvalue weighted by Crippen LogP contribution is -2.48. The molecule has 2 aliphatic heterocycles. The first-order chi connectivity index (χ1) is 17.4. The minimum Gasteiger partial charge on any atom is -0.494 e. The van der Waals surface area contributed by atoms with Crippen molar-refractivity contribution in [3.8, 4) is 5.75 Å². The summed E-state index contributed by atoms with van der Waals surface area (Å²) >= 11 is 0. The van der Waals surface area contributed by atoms with E-state index in [0.717, 1.165) is 16.8 Å². The monoisotopic (exact) mass is 477 g/mol. The minimum absolute atomic E-state index is 0.0903. The number of hydrogen-bond donors (Lipinski definition) is 0. The number of Topliss-reactive ketones (excluding diaryl/α,β-unsaturated/α-hetero) is 3. The van der Waals surface area contributed by atoms with Crippen molar-refractivity contribution >= 4 is 29.1 Å². The van der Waals surface area contributed by atoms with Crippen LogP contribution in [0.25, 0.3) is 6.08 Å². The topological polar surface area (TPSA) is 63.7 Å². The smallest absolute Gasteiger partial charge is 0.180 e. The highest BCUT2D eigenvalue weighted by molar-refractivity contribution is 6.32. The average Bonchev–Trinajstić information content (AvgIpc) is 3.31. The molecule has 0 radical (unpaired) electrons. The first kappa shape index (κ1) is 22.5. The molecular formula is C31H27NO4. The first-order valence-electron chi connectivity index (χ1n) is 12.4. The molecule has 3 aromatic carbocycles. The van der Waals surface area contributed by atoms with Crippen LogP contribution in [0.5, 0.6) is 5.75 Å². The van der Waals surface area contributed by atoms with Gasteiger partial charge in [0.05, 0.1) is 18.7 Å². The fourth-order valence-electron chi connectivity index (χ4n) is 6.59. The van der Waals surface area contributed by atoms with E-state index in [0.29, 0.717) is 29.0 Å². The normalized spacial score (nSPS) is 23.0. The van der Waals surface area contributed by atoms with Gasteiger partial charge >= 0.3 is 0 Å². The molecule has 1 fully saturated rings. The van der Waals surface area contributed by atoms with Crippen molar-refractivity contribution in [2.24, 2.45) is 5.41 Å². The lowest BCUT2D eigenvalue weighted by Gasteiger charge is -2.37. The quantitative estimate of drug-likeness (QED) is 0.470. The van der Waals surface area contributed by atoms with Crippen LogP contribution in [-0.4, -0.2) is 36.0 Å². The number of rotatable bonds is 4. The highest BCUT2D eigenvalue weighted by Crippen LogP contribution is 2.61. The molecule has 3 aliphatic rings. The van der Waals surface area contributed by atoms with E-state index in [-0.39, 0.29) is 17.3 Å². The molecule has 0 amide bonds. The van der Waals surface area contributed by atoms with Crippen LogP contribution in [0.4, 0.5) is 5.69 Å². The largest absolute Gasteiger partial charge is 0.494 e. The van der Waals surface area contributed by atoms with Crippen LogP contribution < -0.4 is 9.64 Å². The summed E-state index contributed by atoms with van der Waals surface area (Å²) in [6, 6.07) is 19.3. The van der Waals surface area contributed by atoms with E-state index in [1.807, 2.05) is 73.4 Å². The second kappa shape index (κ2) is 8.02. The van der Waals surface area contributed by atoms with Gasteiger partial charge in [0, 0.05) is 28.3 Å². The molecule has 1 spiro atoms. The van der Waals surface area contributed by atoms with Gasteiger partial charge in [-0.2, -0.15) is 0 Å². The zero-order valence-electron chi connectivity index (χ0n) is 20.5. The van der Waals surface area contributed by atoms with Crippen LogP contribution in [0.3, 0.4) is 0 Å². The molecule has 0 unspecified atom stereocenters. The third-order valence-electron chi connectivity index (χ3n) is 7.93. The van der Waals surface area contributed by atoms with E-state index < -0.39 is 23.4 Å². The van der Waals surface area contributed by atoms with Gasteiger partial charge in [-0.15, -0.1) is 0 Å². The minimum atomic E-state index is -1.48. The van der Waals surface area contributed by atoms with Crippen LogP contribution in [0.1, 0.15) is 57.2 Å². The lowest BCUT2D eigenvalue weighted by molar-refractivity contribution is -0.118. The fraction of sp³-hybridized carbons (Fsp3) is 0.258. The number of anilines is 1. The van der Waals surface area contributed by atoms with Gasteiger partial charge in [-0.3, -0.25) is 14.4 Å². The van der Waals surface area contributed by atoms with Gasteiger partial charge in [0.1, 0.15) is 11.2 Å². The number of aryl methyl sites for hydroxylation is 1. The zero-order chi connectivity index (χ0) is 25.2. The Morgan fingerprint density at radius 2 is 1.64 bits per heavy atom. The molecular weight excluding hydrogens is 450 g/mol. The highest BCUT2D eigenvalue weighted by atomic mass is 16.5. The highest BCUT2D eigenvalue weighted by Gasteiger charge is 2.71. The summed E-state index contributed by atoms with van der Waals surface area (Å²) in [5.41, 5.74) is 2.96. The Morgan fingerprint density at radius 1 is 0.972 bits per heavy atom. The third kappa shape index (κ3) is 2.80. The average molecular weight is 478 g/mol. The molecule has 36 heavy (non-hydrogen) atoms. The van der Waals surface area contributed by atoms with Gasteiger partial charge in [-0.25, -0.2) is 0 Å². The van der Waals surface area contributed by atoms with E-state index in [2.05, 4.69) is 0 Å². The lowest BCUT2D eigenvalue weighted by atomic mass is 9.64. The summed E-state index contributed by atoms with van der Waals surface area (Å²) in [4.78, 5) is 44.5. The number of ether oxygens (including phenoxy) is 1. The summed E-state index contributed by atoms with van der Waals surface area (Å²) in [5.74, 6) is -0.656. The van der Waals surface area contributed by atoms with Crippen LogP contribution in [0.15, 0.2) is 72.8 Å². The van der Waals surface area contributed by atoms with Crippen LogP contribution in [-0.2, 0) is 4.79 Å². The van der Waals surface area contributed by atoms with Gasteiger partial charge < -0.3 is 9.64 Å². The third-order valence-corrected chi connectivity index (χ3v) is 7.93. The second-order valence-corrected chi connectivity index (χ2v) is 9.85. The van der Waals surface area contributed by atoms with E-state index in [9.17, 15) is 14.4 Å². The summed E-state index contributed by atoms with van der Waals surface area (Å²) in [6.07, 6.45) is 3.92. The molecule has 3 aromatic rings. The number of para-hydroxylation sites is 1. The molecule has 0 bridgehead atoms. The van der Waals surface area contributed by atoms with Gasteiger partial charge in [0.25, 0.3) is 0 Å². The number of fused-ring (bicyclic) bond motifs is 5. The maximum absolute atomic E-state index is 14.5. The van der Waals surface area contributed by atoms with Crippen molar-refractivity contribution in [3.63, 3.8) is 0 Å². The number of benzene rings is 3. The SMILES string of the molecule is CCOc1ccccc1[C@H]1[C@H](C(C)=O)N2c3cc(C)ccc3C=C[C@@H]2C12C(=O)c1ccccc1C2=O. The van der Waals surface area contributed by atoms with Crippen molar-refractivity contribution in [3.05, 3.63) is 101 Å². The maximum Gasteiger partial charge on any atom is 0.180 e. The molecule has 0 saturated carbocycles. The Kier molecular flexibility index (Phi) is 5.01. The van der Waals surface area contributed by atoms with Crippen molar-refractivity contribution in [2.75, 3.05) is 11.5 Å². The molecule has 0 N–H and O–H groups in total. The van der Waals surface area contributed by atoms with E-state index >= 15 is 0 Å². The Morgan fingerprint density at radius 3 is 2.31 bits per heavy atom. The standard InChI is InChI=1S/C31H27NO4/c1-4-36-25-12-8-7-11-23(25)27-28(19(3)33)32-24-17-18(2)13-14-20(24)15-16-26(32)31(27)29(34)21-9-5-6-10-22(21)30(31)35/h5-17,26-28H,4H2,1-3H3/t26-,27+,28+/m1/s1. The maximum atomic E-state index is 14.5. The molecule has 3 atom stereocenters. The Bertz CT molecular complexity index is 1430. The van der Waals surface area contributed by atoms with Crippen LogP contribution >= 0.6 is 0 Å². The number of carbonyl (C=O) groups excluding carboxylic acids is 3. The Balaban J connectivity index is 1.70. The summed E-state index contributed by atoms with van der Waals surface area (Å²) in [6.45, 7) is 5.89. The summed E-state index contributed by atoms with van der Waals surface area (Å²) in [7, 11) is 0. The zero-order valence-corrected chi connectivity index (χ0v) is 20.5. The van der Waals surface area contributed by atoms with Gasteiger partial charge in [-0.1, -0.05) is 66.7 Å². The molecule has 6 rings (SSSR count). The molecule has 1 saturated heterocycles. The van der Waals surface area contributed by atoms with Crippen molar-refractivity contribution < 1.29 is 19.1 Å². The van der Waals surface area contributed by atoms with Crippen molar-refractivity contribution in [1.29, 1.82) is 0 Å². The van der Waals surface area contributed by atoms with E-state index in [1.165, 1.54) is 0 Å². The van der Waals surface area contributed by atoms with Crippen LogP contribution in [0.2, 0.25) is 0 Å². The molecule has 5 heteroatoms. The first-order valence-corrected chi connectivity index (χ1v) is 12.4. The van der Waals surface area contributed by atoms with E-state index in [1.54, 1.807) is 31.2 Å². The Labute approximate surface area is 210 Å². The molecule has 180 valence electrons. The van der Waals surface area contributed by atoms with Gasteiger partial charge in [-0.05, 0) is 44.0 Å². The van der Waals surface area contributed by atoms with Crippen LogP contribution in [0, 0.1) is 12.3 Å². The van der Waals surface area contributed by atoms with E-state index in [4.69, 9.17) is 4.74 Å². The molecule has 2 heterocycles. The Hall–Kier alpha value is -3.99. The van der Waals surface area contributed by atoms with Crippen molar-refractivity contribution in [2.45, 2.75) is 38.8 Å². The van der Waals surface area contributed by atoms with Gasteiger partial charge in [0.15, 0.2) is 17.3 Å². The predicted molar refractivity (Wildman–Crippen MR) is 139 cm³/mol. The number of hydrogen-bond acceptors (Lipinski definition) is 5. The number of ketones is 3.